The Morgan fingerprint density at radius 3 is 2.71 bits per heavy atom. The van der Waals surface area contributed by atoms with Crippen LogP contribution in [0.1, 0.15) is 45.0 Å². The number of ketones is 1. The molecule has 1 aliphatic carbocycles. The Bertz CT molecular complexity index is 919. The zero-order valence-electron chi connectivity index (χ0n) is 13.1. The molecule has 1 atom stereocenters. The van der Waals surface area contributed by atoms with Crippen molar-refractivity contribution in [2.24, 2.45) is 0 Å². The number of carboxylic acids is 1. The third-order valence-corrected chi connectivity index (χ3v) is 4.31. The van der Waals surface area contributed by atoms with Gasteiger partial charge in [0.25, 0.3) is 0 Å². The van der Waals surface area contributed by atoms with Gasteiger partial charge in [0, 0.05) is 11.1 Å². The molecule has 1 aliphatic rings. The molecule has 0 heterocycles. The van der Waals surface area contributed by atoms with Crippen molar-refractivity contribution in [3.05, 3.63) is 75.9 Å². The summed E-state index contributed by atoms with van der Waals surface area (Å²) >= 11 is 0. The lowest BCUT2D eigenvalue weighted by Crippen LogP contribution is -2.23. The Morgan fingerprint density at radius 1 is 1.29 bits per heavy atom. The number of aliphatic carboxylic acids is 1. The first-order valence-corrected chi connectivity index (χ1v) is 7.59. The number of benzene rings is 2. The largest absolute Gasteiger partial charge is 0.481 e. The van der Waals surface area contributed by atoms with Crippen molar-refractivity contribution in [3.8, 4) is 6.07 Å². The summed E-state index contributed by atoms with van der Waals surface area (Å²) in [7, 11) is 0. The average molecular weight is 317 g/mol. The molecule has 1 N–H and O–H groups in total. The number of carbonyl (C=O) groups excluding carboxylic acids is 1. The molecule has 0 radical (unpaired) electrons. The maximum absolute atomic E-state index is 12.7. The molecule has 4 nitrogen and oxygen atoms in total. The van der Waals surface area contributed by atoms with Gasteiger partial charge in [-0.05, 0) is 42.2 Å². The number of hydrogen-bond acceptors (Lipinski definition) is 3. The summed E-state index contributed by atoms with van der Waals surface area (Å²) in [6.07, 6.45) is 1.90. The van der Waals surface area contributed by atoms with Crippen molar-refractivity contribution in [2.45, 2.75) is 19.3 Å². The predicted octanol–water partition coefficient (Wildman–Crippen LogP) is 3.70. The molecule has 0 bridgehead atoms. The molecule has 1 unspecified atom stereocenters. The fourth-order valence-corrected chi connectivity index (χ4v) is 3.05. The predicted molar refractivity (Wildman–Crippen MR) is 89.6 cm³/mol. The monoisotopic (exact) mass is 317 g/mol. The topological polar surface area (TPSA) is 78.2 Å². The van der Waals surface area contributed by atoms with E-state index in [-0.39, 0.29) is 12.2 Å². The van der Waals surface area contributed by atoms with Crippen LogP contribution in [0.15, 0.2) is 48.0 Å². The van der Waals surface area contributed by atoms with Gasteiger partial charge in [0.05, 0.1) is 17.6 Å². The van der Waals surface area contributed by atoms with Crippen LogP contribution in [0.4, 0.5) is 0 Å². The van der Waals surface area contributed by atoms with E-state index < -0.39 is 11.9 Å². The van der Waals surface area contributed by atoms with Crippen LogP contribution in [0.25, 0.3) is 6.08 Å². The van der Waals surface area contributed by atoms with Gasteiger partial charge in [0.15, 0.2) is 5.78 Å². The highest BCUT2D eigenvalue weighted by Gasteiger charge is 2.33. The van der Waals surface area contributed by atoms with Crippen LogP contribution in [0, 0.1) is 18.3 Å². The number of Topliss-reactive ketones (excluding diaryl/α,β-unsaturated/α-hetero) is 1. The van der Waals surface area contributed by atoms with Gasteiger partial charge in [-0.1, -0.05) is 36.4 Å². The zero-order chi connectivity index (χ0) is 17.3. The van der Waals surface area contributed by atoms with Crippen molar-refractivity contribution in [3.63, 3.8) is 0 Å². The van der Waals surface area contributed by atoms with Crippen molar-refractivity contribution < 1.29 is 14.7 Å². The molecule has 24 heavy (non-hydrogen) atoms. The molecule has 0 aromatic heterocycles. The molecule has 0 amide bonds. The van der Waals surface area contributed by atoms with Gasteiger partial charge in [-0.3, -0.25) is 9.59 Å². The second-order valence-electron chi connectivity index (χ2n) is 5.87. The van der Waals surface area contributed by atoms with E-state index in [2.05, 4.69) is 6.07 Å². The molecule has 3 rings (SSSR count). The van der Waals surface area contributed by atoms with E-state index >= 15 is 0 Å². The van der Waals surface area contributed by atoms with E-state index in [0.29, 0.717) is 22.3 Å². The summed E-state index contributed by atoms with van der Waals surface area (Å²) in [5, 5.41) is 18.5. The van der Waals surface area contributed by atoms with E-state index in [4.69, 9.17) is 5.26 Å². The first-order chi connectivity index (χ1) is 11.5. The minimum atomic E-state index is -0.933. The molecule has 4 heteroatoms. The standard InChI is InChI=1S/C20H15NO3/c1-12-8-13(6-7-14(12)11-21)9-15-10-18(20(23)24)16-4-2-3-5-17(16)19(15)22/h2-9,18H,10H2,1H3,(H,23,24)/b15-9-. The fraction of sp³-hybridized carbons (Fsp3) is 0.150. The number of nitriles is 1. The van der Waals surface area contributed by atoms with Crippen LogP contribution in [-0.2, 0) is 4.79 Å². The van der Waals surface area contributed by atoms with E-state index in [0.717, 1.165) is 11.1 Å². The highest BCUT2D eigenvalue weighted by Crippen LogP contribution is 2.35. The number of rotatable bonds is 2. The summed E-state index contributed by atoms with van der Waals surface area (Å²) in [6, 6.07) is 14.3. The Morgan fingerprint density at radius 2 is 2.04 bits per heavy atom. The van der Waals surface area contributed by atoms with Crippen LogP contribution < -0.4 is 0 Å². The molecule has 0 spiro atoms. The van der Waals surface area contributed by atoms with Gasteiger partial charge < -0.3 is 5.11 Å². The fourth-order valence-electron chi connectivity index (χ4n) is 3.05. The molecule has 118 valence electrons. The van der Waals surface area contributed by atoms with Crippen molar-refractivity contribution in [1.82, 2.24) is 0 Å². The Kier molecular flexibility index (Phi) is 4.01. The lowest BCUT2D eigenvalue weighted by Gasteiger charge is -2.23. The minimum Gasteiger partial charge on any atom is -0.481 e. The Hall–Kier alpha value is -3.19. The number of allylic oxidation sites excluding steroid dienone is 1. The van der Waals surface area contributed by atoms with Crippen LogP contribution >= 0.6 is 0 Å². The van der Waals surface area contributed by atoms with Crippen LogP contribution in [-0.4, -0.2) is 16.9 Å². The van der Waals surface area contributed by atoms with Crippen LogP contribution in [0.5, 0.6) is 0 Å². The van der Waals surface area contributed by atoms with Gasteiger partial charge >= 0.3 is 5.97 Å². The maximum Gasteiger partial charge on any atom is 0.311 e. The molecular weight excluding hydrogens is 302 g/mol. The SMILES string of the molecule is Cc1cc(/C=C2/CC(C(=O)O)c3ccccc3C2=O)ccc1C#N. The highest BCUT2D eigenvalue weighted by molar-refractivity contribution is 6.14. The smallest absolute Gasteiger partial charge is 0.311 e. The second-order valence-corrected chi connectivity index (χ2v) is 5.87. The van der Waals surface area contributed by atoms with Gasteiger partial charge in [-0.2, -0.15) is 5.26 Å². The third kappa shape index (κ3) is 2.72. The van der Waals surface area contributed by atoms with E-state index in [1.807, 2.05) is 13.0 Å². The number of hydrogen-bond donors (Lipinski definition) is 1. The van der Waals surface area contributed by atoms with Crippen molar-refractivity contribution in [2.75, 3.05) is 0 Å². The summed E-state index contributed by atoms with van der Waals surface area (Å²) in [5.74, 6) is -1.79. The van der Waals surface area contributed by atoms with Crippen molar-refractivity contribution in [1.29, 1.82) is 5.26 Å². The molecule has 0 saturated heterocycles. The number of carboxylic acid groups (broad SMARTS) is 1. The van der Waals surface area contributed by atoms with Gasteiger partial charge in [0.2, 0.25) is 0 Å². The lowest BCUT2D eigenvalue weighted by molar-refractivity contribution is -0.138. The molecule has 0 aliphatic heterocycles. The van der Waals surface area contributed by atoms with E-state index in [1.165, 1.54) is 0 Å². The lowest BCUT2D eigenvalue weighted by atomic mass is 9.78. The van der Waals surface area contributed by atoms with E-state index in [1.54, 1.807) is 42.5 Å². The quantitative estimate of drug-likeness (QED) is 0.857. The number of fused-ring (bicyclic) bond motifs is 1. The number of carbonyl (C=O) groups is 2. The van der Waals surface area contributed by atoms with Gasteiger partial charge in [0.1, 0.15) is 0 Å². The van der Waals surface area contributed by atoms with Crippen molar-refractivity contribution >= 4 is 17.8 Å². The van der Waals surface area contributed by atoms with E-state index in [9.17, 15) is 14.7 Å². The number of aryl methyl sites for hydroxylation is 1. The first kappa shape index (κ1) is 15.7. The van der Waals surface area contributed by atoms with Gasteiger partial charge in [-0.15, -0.1) is 0 Å². The third-order valence-electron chi connectivity index (χ3n) is 4.31. The molecular formula is C20H15NO3. The summed E-state index contributed by atoms with van der Waals surface area (Å²) in [5.41, 5.74) is 3.70. The molecule has 2 aromatic carbocycles. The average Bonchev–Trinajstić information content (AvgIpc) is 2.57. The summed E-state index contributed by atoms with van der Waals surface area (Å²) in [4.78, 5) is 24.3. The Labute approximate surface area is 139 Å². The molecule has 0 saturated carbocycles. The zero-order valence-corrected chi connectivity index (χ0v) is 13.1. The normalized spacial score (nSPS) is 18.1. The minimum absolute atomic E-state index is 0.134. The second kappa shape index (κ2) is 6.13. The summed E-state index contributed by atoms with van der Waals surface area (Å²) < 4.78 is 0. The molecule has 0 fully saturated rings. The number of nitrogens with zero attached hydrogens (tertiary/aromatic N) is 1. The first-order valence-electron chi connectivity index (χ1n) is 7.59. The van der Waals surface area contributed by atoms with Crippen LogP contribution in [0.2, 0.25) is 0 Å². The van der Waals surface area contributed by atoms with Crippen LogP contribution in [0.3, 0.4) is 0 Å². The molecule has 2 aromatic rings. The Balaban J connectivity index is 2.06. The highest BCUT2D eigenvalue weighted by atomic mass is 16.4. The summed E-state index contributed by atoms with van der Waals surface area (Å²) in [6.45, 7) is 1.83. The maximum atomic E-state index is 12.7. The van der Waals surface area contributed by atoms with Gasteiger partial charge in [-0.25, -0.2) is 0 Å².